The van der Waals surface area contributed by atoms with Gasteiger partial charge in [-0.1, -0.05) is 0 Å². The Morgan fingerprint density at radius 3 is 3.07 bits per heavy atom. The first-order chi connectivity index (χ1) is 7.18. The molecule has 0 aliphatic heterocycles. The van der Waals surface area contributed by atoms with E-state index in [0.29, 0.717) is 5.78 Å². The van der Waals surface area contributed by atoms with Gasteiger partial charge in [-0.3, -0.25) is 4.79 Å². The molecule has 1 aromatic heterocycles. The summed E-state index contributed by atoms with van der Waals surface area (Å²) in [4.78, 5) is 15.6. The maximum Gasteiger partial charge on any atom is 0.168 e. The van der Waals surface area contributed by atoms with E-state index in [1.54, 1.807) is 11.3 Å². The summed E-state index contributed by atoms with van der Waals surface area (Å²) >= 11 is 1.73. The molecule has 2 nitrogen and oxygen atoms in total. The normalized spacial score (nSPS) is 21.5. The first-order valence-electron chi connectivity index (χ1n) is 5.44. The summed E-state index contributed by atoms with van der Waals surface area (Å²) in [5.41, 5.74) is 0.990. The number of fused-ring (bicyclic) bond motifs is 1. The van der Waals surface area contributed by atoms with Gasteiger partial charge in [0.05, 0.1) is 0 Å². The van der Waals surface area contributed by atoms with Gasteiger partial charge in [0.15, 0.2) is 5.78 Å². The Bertz CT molecular complexity index is 356. The van der Waals surface area contributed by atoms with E-state index in [1.165, 1.54) is 4.88 Å². The van der Waals surface area contributed by atoms with Gasteiger partial charge >= 0.3 is 0 Å². The number of thiophene rings is 1. The van der Waals surface area contributed by atoms with Crippen molar-refractivity contribution in [1.29, 1.82) is 0 Å². The van der Waals surface area contributed by atoms with Crippen LogP contribution in [0.15, 0.2) is 11.4 Å². The van der Waals surface area contributed by atoms with Crippen LogP contribution in [-0.2, 0) is 6.42 Å². The van der Waals surface area contributed by atoms with E-state index in [9.17, 15) is 4.79 Å². The number of aryl methyl sites for hydroxylation is 1. The van der Waals surface area contributed by atoms with Gasteiger partial charge in [0, 0.05) is 22.9 Å². The molecule has 0 amide bonds. The van der Waals surface area contributed by atoms with Crippen LogP contribution in [0.1, 0.15) is 28.1 Å². The summed E-state index contributed by atoms with van der Waals surface area (Å²) < 4.78 is 0. The SMILES string of the molecule is CN(C)CC1CCCc2sccc2C1=O. The maximum absolute atomic E-state index is 12.2. The molecule has 82 valence electrons. The van der Waals surface area contributed by atoms with Crippen LogP contribution < -0.4 is 0 Å². The number of rotatable bonds is 2. The molecule has 1 aromatic rings. The Kier molecular flexibility index (Phi) is 3.22. The Morgan fingerprint density at radius 1 is 1.53 bits per heavy atom. The number of carbonyl (C=O) groups excluding carboxylic acids is 1. The van der Waals surface area contributed by atoms with Crippen molar-refractivity contribution >= 4 is 17.1 Å². The second-order valence-electron chi connectivity index (χ2n) is 4.47. The minimum absolute atomic E-state index is 0.204. The van der Waals surface area contributed by atoms with E-state index < -0.39 is 0 Å². The molecule has 1 aliphatic rings. The second kappa shape index (κ2) is 4.45. The fourth-order valence-corrected chi connectivity index (χ4v) is 3.15. The highest BCUT2D eigenvalue weighted by Gasteiger charge is 2.26. The number of nitrogens with zero attached hydrogens (tertiary/aromatic N) is 1. The lowest BCUT2D eigenvalue weighted by molar-refractivity contribution is 0.0893. The van der Waals surface area contributed by atoms with E-state index in [-0.39, 0.29) is 5.92 Å². The van der Waals surface area contributed by atoms with Crippen molar-refractivity contribution in [3.8, 4) is 0 Å². The van der Waals surface area contributed by atoms with Crippen molar-refractivity contribution < 1.29 is 4.79 Å². The van der Waals surface area contributed by atoms with Gasteiger partial charge in [-0.2, -0.15) is 0 Å². The molecule has 1 unspecified atom stereocenters. The van der Waals surface area contributed by atoms with Crippen molar-refractivity contribution in [3.05, 3.63) is 21.9 Å². The lowest BCUT2D eigenvalue weighted by Crippen LogP contribution is -2.27. The molecule has 0 saturated heterocycles. The lowest BCUT2D eigenvalue weighted by atomic mass is 9.96. The van der Waals surface area contributed by atoms with E-state index in [2.05, 4.69) is 4.90 Å². The predicted octanol–water partition coefficient (Wildman–Crippen LogP) is 2.44. The molecule has 0 saturated carbocycles. The molecule has 0 aromatic carbocycles. The molecular formula is C12H17NOS. The molecule has 15 heavy (non-hydrogen) atoms. The third-order valence-corrected chi connectivity index (χ3v) is 3.90. The third-order valence-electron chi connectivity index (χ3n) is 2.92. The highest BCUT2D eigenvalue weighted by molar-refractivity contribution is 7.10. The van der Waals surface area contributed by atoms with E-state index in [4.69, 9.17) is 0 Å². The van der Waals surface area contributed by atoms with Crippen molar-refractivity contribution in [1.82, 2.24) is 4.90 Å². The van der Waals surface area contributed by atoms with Gasteiger partial charge in [0.25, 0.3) is 0 Å². The fraction of sp³-hybridized carbons (Fsp3) is 0.583. The largest absolute Gasteiger partial charge is 0.309 e. The van der Waals surface area contributed by atoms with Crippen LogP contribution in [0.4, 0.5) is 0 Å². The smallest absolute Gasteiger partial charge is 0.168 e. The summed E-state index contributed by atoms with van der Waals surface area (Å²) in [6.07, 6.45) is 3.28. The van der Waals surface area contributed by atoms with Crippen molar-refractivity contribution in [3.63, 3.8) is 0 Å². The zero-order valence-corrected chi connectivity index (χ0v) is 10.1. The fourth-order valence-electron chi connectivity index (χ4n) is 2.23. The Balaban J connectivity index is 2.21. The summed E-state index contributed by atoms with van der Waals surface area (Å²) in [5, 5.41) is 2.04. The van der Waals surface area contributed by atoms with Crippen LogP contribution in [0, 0.1) is 5.92 Å². The van der Waals surface area contributed by atoms with Gasteiger partial charge in [-0.05, 0) is 44.8 Å². The average Bonchev–Trinajstić information content (AvgIpc) is 2.58. The van der Waals surface area contributed by atoms with Crippen molar-refractivity contribution in [2.24, 2.45) is 5.92 Å². The summed E-state index contributed by atoms with van der Waals surface area (Å²) in [6.45, 7) is 0.883. The molecule has 2 rings (SSSR count). The number of ketones is 1. The first kappa shape index (κ1) is 10.8. The van der Waals surface area contributed by atoms with Crippen LogP contribution in [0.2, 0.25) is 0 Å². The van der Waals surface area contributed by atoms with Crippen LogP contribution in [-0.4, -0.2) is 31.3 Å². The second-order valence-corrected chi connectivity index (χ2v) is 5.47. The molecule has 1 heterocycles. The lowest BCUT2D eigenvalue weighted by Gasteiger charge is -2.17. The monoisotopic (exact) mass is 223 g/mol. The van der Waals surface area contributed by atoms with Gasteiger partial charge in [0.1, 0.15) is 0 Å². The molecule has 1 aliphatic carbocycles. The van der Waals surface area contributed by atoms with Crippen LogP contribution in [0.5, 0.6) is 0 Å². The van der Waals surface area contributed by atoms with Crippen molar-refractivity contribution in [2.75, 3.05) is 20.6 Å². The van der Waals surface area contributed by atoms with E-state index in [0.717, 1.165) is 31.4 Å². The number of hydrogen-bond donors (Lipinski definition) is 0. The summed E-state index contributed by atoms with van der Waals surface area (Å²) in [5.74, 6) is 0.563. The van der Waals surface area contributed by atoms with E-state index >= 15 is 0 Å². The highest BCUT2D eigenvalue weighted by atomic mass is 32.1. The van der Waals surface area contributed by atoms with Crippen molar-refractivity contribution in [2.45, 2.75) is 19.3 Å². The van der Waals surface area contributed by atoms with Crippen LogP contribution in [0.25, 0.3) is 0 Å². The Labute approximate surface area is 94.9 Å². The van der Waals surface area contributed by atoms with Gasteiger partial charge in [-0.25, -0.2) is 0 Å². The van der Waals surface area contributed by atoms with Crippen LogP contribution >= 0.6 is 11.3 Å². The predicted molar refractivity (Wildman–Crippen MR) is 63.6 cm³/mol. The molecule has 3 heteroatoms. The zero-order chi connectivity index (χ0) is 10.8. The Hall–Kier alpha value is -0.670. The van der Waals surface area contributed by atoms with E-state index in [1.807, 2.05) is 25.5 Å². The summed E-state index contributed by atoms with van der Waals surface area (Å²) in [6, 6.07) is 2.00. The first-order valence-corrected chi connectivity index (χ1v) is 6.31. The molecule has 0 radical (unpaired) electrons. The standard InChI is InChI=1S/C12H17NOS/c1-13(2)8-9-4-3-5-11-10(12(9)14)6-7-15-11/h6-7,9H,3-5,8H2,1-2H3. The number of hydrogen-bond acceptors (Lipinski definition) is 3. The third kappa shape index (κ3) is 2.29. The van der Waals surface area contributed by atoms with Crippen LogP contribution in [0.3, 0.4) is 0 Å². The molecular weight excluding hydrogens is 206 g/mol. The summed E-state index contributed by atoms with van der Waals surface area (Å²) in [7, 11) is 4.07. The van der Waals surface area contributed by atoms with Gasteiger partial charge in [-0.15, -0.1) is 11.3 Å². The molecule has 0 fully saturated rings. The van der Waals surface area contributed by atoms with Gasteiger partial charge < -0.3 is 4.90 Å². The topological polar surface area (TPSA) is 20.3 Å². The molecule has 0 N–H and O–H groups in total. The number of Topliss-reactive ketones (excluding diaryl/α,β-unsaturated/α-hetero) is 1. The molecule has 0 spiro atoms. The molecule has 1 atom stereocenters. The van der Waals surface area contributed by atoms with Gasteiger partial charge in [0.2, 0.25) is 0 Å². The number of carbonyl (C=O) groups is 1. The average molecular weight is 223 g/mol. The Morgan fingerprint density at radius 2 is 2.33 bits per heavy atom. The molecule has 0 bridgehead atoms. The quantitative estimate of drug-likeness (QED) is 0.718. The minimum atomic E-state index is 0.204. The minimum Gasteiger partial charge on any atom is -0.309 e. The highest BCUT2D eigenvalue weighted by Crippen LogP contribution is 2.28. The zero-order valence-electron chi connectivity index (χ0n) is 9.32. The maximum atomic E-state index is 12.2.